The Morgan fingerprint density at radius 2 is 1.46 bits per heavy atom. The molecule has 0 aromatic heterocycles. The van der Waals surface area contributed by atoms with Crippen molar-refractivity contribution in [2.45, 2.75) is 9.79 Å². The maximum absolute atomic E-state index is 12.5. The molecule has 6 heteroatoms. The SMILES string of the molecule is C=CCN(CC=C)C(=O)COc1ccc(S(=O)(=O)c2ccccc2)cc1. The minimum Gasteiger partial charge on any atom is -0.484 e. The molecule has 2 aromatic rings. The van der Waals surface area contributed by atoms with Gasteiger partial charge in [0, 0.05) is 13.1 Å². The number of rotatable bonds is 9. The summed E-state index contributed by atoms with van der Waals surface area (Å²) < 4.78 is 30.5. The maximum Gasteiger partial charge on any atom is 0.261 e. The number of sulfone groups is 1. The van der Waals surface area contributed by atoms with E-state index in [0.29, 0.717) is 18.8 Å². The number of hydrogen-bond acceptors (Lipinski definition) is 4. The van der Waals surface area contributed by atoms with Gasteiger partial charge in [-0.15, -0.1) is 13.2 Å². The van der Waals surface area contributed by atoms with Gasteiger partial charge in [0.2, 0.25) is 9.84 Å². The van der Waals surface area contributed by atoms with E-state index in [4.69, 9.17) is 4.74 Å². The smallest absolute Gasteiger partial charge is 0.261 e. The fourth-order valence-corrected chi connectivity index (χ4v) is 3.56. The monoisotopic (exact) mass is 371 g/mol. The van der Waals surface area contributed by atoms with E-state index < -0.39 is 9.84 Å². The largest absolute Gasteiger partial charge is 0.484 e. The van der Waals surface area contributed by atoms with Crippen molar-refractivity contribution in [2.24, 2.45) is 0 Å². The molecule has 0 radical (unpaired) electrons. The average molecular weight is 371 g/mol. The van der Waals surface area contributed by atoms with E-state index in [2.05, 4.69) is 13.2 Å². The standard InChI is InChI=1S/C20H21NO4S/c1-3-14-21(15-4-2)20(22)16-25-17-10-12-19(13-11-17)26(23,24)18-8-6-5-7-9-18/h3-13H,1-2,14-16H2. The fourth-order valence-electron chi connectivity index (χ4n) is 2.28. The first-order valence-corrected chi connectivity index (χ1v) is 9.50. The van der Waals surface area contributed by atoms with E-state index in [9.17, 15) is 13.2 Å². The van der Waals surface area contributed by atoms with Gasteiger partial charge >= 0.3 is 0 Å². The number of amides is 1. The summed E-state index contributed by atoms with van der Waals surface area (Å²) in [5, 5.41) is 0. The van der Waals surface area contributed by atoms with Gasteiger partial charge in [0.25, 0.3) is 5.91 Å². The molecule has 0 N–H and O–H groups in total. The second kappa shape index (κ2) is 9.01. The molecular formula is C20H21NO4S. The second-order valence-electron chi connectivity index (χ2n) is 5.45. The zero-order chi connectivity index (χ0) is 19.0. The first-order valence-electron chi connectivity index (χ1n) is 8.01. The molecule has 136 valence electrons. The van der Waals surface area contributed by atoms with E-state index in [0.717, 1.165) is 0 Å². The summed E-state index contributed by atoms with van der Waals surface area (Å²) in [5.74, 6) is 0.216. The Bertz CT molecular complexity index is 848. The lowest BCUT2D eigenvalue weighted by Gasteiger charge is -2.19. The molecule has 0 atom stereocenters. The summed E-state index contributed by atoms with van der Waals surface area (Å²) in [6.45, 7) is 7.89. The zero-order valence-electron chi connectivity index (χ0n) is 14.4. The molecule has 0 fully saturated rings. The van der Waals surface area contributed by atoms with Crippen molar-refractivity contribution in [1.82, 2.24) is 4.90 Å². The van der Waals surface area contributed by atoms with Gasteiger partial charge in [-0.3, -0.25) is 4.79 Å². The Hall–Kier alpha value is -2.86. The predicted molar refractivity (Wildman–Crippen MR) is 101 cm³/mol. The summed E-state index contributed by atoms with van der Waals surface area (Å²) in [5.41, 5.74) is 0. The molecule has 0 heterocycles. The van der Waals surface area contributed by atoms with Crippen molar-refractivity contribution in [3.8, 4) is 5.75 Å². The number of nitrogens with zero attached hydrogens (tertiary/aromatic N) is 1. The summed E-state index contributed by atoms with van der Waals surface area (Å²) >= 11 is 0. The van der Waals surface area contributed by atoms with Crippen molar-refractivity contribution in [1.29, 1.82) is 0 Å². The summed E-state index contributed by atoms with van der Waals surface area (Å²) in [6, 6.07) is 14.2. The molecule has 0 saturated heterocycles. The van der Waals surface area contributed by atoms with Crippen LogP contribution in [0.3, 0.4) is 0 Å². The number of carbonyl (C=O) groups excluding carboxylic acids is 1. The van der Waals surface area contributed by atoms with Gasteiger partial charge in [-0.2, -0.15) is 0 Å². The number of ether oxygens (including phenoxy) is 1. The van der Waals surface area contributed by atoms with Crippen molar-refractivity contribution in [3.05, 3.63) is 79.9 Å². The zero-order valence-corrected chi connectivity index (χ0v) is 15.2. The highest BCUT2D eigenvalue weighted by atomic mass is 32.2. The van der Waals surface area contributed by atoms with Crippen molar-refractivity contribution >= 4 is 15.7 Å². The minimum absolute atomic E-state index is 0.146. The molecule has 0 aliphatic heterocycles. The number of hydrogen-bond donors (Lipinski definition) is 0. The molecule has 0 bridgehead atoms. The van der Waals surface area contributed by atoms with Crippen LogP contribution in [0.5, 0.6) is 5.75 Å². The normalized spacial score (nSPS) is 10.8. The molecule has 0 spiro atoms. The third-order valence-corrected chi connectivity index (χ3v) is 5.39. The van der Waals surface area contributed by atoms with Crippen molar-refractivity contribution in [3.63, 3.8) is 0 Å². The first kappa shape index (κ1) is 19.5. The molecule has 0 unspecified atom stereocenters. The Morgan fingerprint density at radius 3 is 2.00 bits per heavy atom. The maximum atomic E-state index is 12.5. The molecular weight excluding hydrogens is 350 g/mol. The van der Waals surface area contributed by atoms with E-state index in [1.165, 1.54) is 24.3 Å². The summed E-state index contributed by atoms with van der Waals surface area (Å²) in [7, 11) is -3.57. The molecule has 1 amide bonds. The van der Waals surface area contributed by atoms with Gasteiger partial charge < -0.3 is 9.64 Å². The summed E-state index contributed by atoms with van der Waals surface area (Å²) in [6.07, 6.45) is 3.26. The van der Waals surface area contributed by atoms with E-state index in [1.807, 2.05) is 0 Å². The Balaban J connectivity index is 2.05. The van der Waals surface area contributed by atoms with E-state index in [-0.39, 0.29) is 22.3 Å². The van der Waals surface area contributed by atoms with Gasteiger partial charge in [0.15, 0.2) is 6.61 Å². The van der Waals surface area contributed by atoms with Crippen LogP contribution in [-0.4, -0.2) is 38.9 Å². The first-order chi connectivity index (χ1) is 12.5. The molecule has 2 aromatic carbocycles. The number of carbonyl (C=O) groups is 1. The predicted octanol–water partition coefficient (Wildman–Crippen LogP) is 3.10. The molecule has 0 saturated carbocycles. The molecule has 0 aliphatic carbocycles. The topological polar surface area (TPSA) is 63.7 Å². The van der Waals surface area contributed by atoms with Crippen molar-refractivity contribution < 1.29 is 17.9 Å². The van der Waals surface area contributed by atoms with Crippen LogP contribution < -0.4 is 4.74 Å². The van der Waals surface area contributed by atoms with Crippen LogP contribution in [0, 0.1) is 0 Å². The third-order valence-electron chi connectivity index (χ3n) is 3.60. The van der Waals surface area contributed by atoms with Crippen molar-refractivity contribution in [2.75, 3.05) is 19.7 Å². The minimum atomic E-state index is -3.57. The lowest BCUT2D eigenvalue weighted by molar-refractivity contribution is -0.132. The van der Waals surface area contributed by atoms with Gasteiger partial charge in [-0.25, -0.2) is 8.42 Å². The van der Waals surface area contributed by atoms with Gasteiger partial charge in [0.1, 0.15) is 5.75 Å². The third kappa shape index (κ3) is 4.83. The summed E-state index contributed by atoms with van der Waals surface area (Å²) in [4.78, 5) is 14.1. The van der Waals surface area contributed by atoms with Gasteiger partial charge in [-0.05, 0) is 36.4 Å². The van der Waals surface area contributed by atoms with E-state index >= 15 is 0 Å². The van der Waals surface area contributed by atoms with E-state index in [1.54, 1.807) is 47.4 Å². The van der Waals surface area contributed by atoms with Gasteiger partial charge in [0.05, 0.1) is 9.79 Å². The molecule has 5 nitrogen and oxygen atoms in total. The highest BCUT2D eigenvalue weighted by Crippen LogP contribution is 2.22. The van der Waals surface area contributed by atoms with Crippen LogP contribution in [0.25, 0.3) is 0 Å². The van der Waals surface area contributed by atoms with Crippen LogP contribution in [0.1, 0.15) is 0 Å². The van der Waals surface area contributed by atoms with Crippen LogP contribution in [0.2, 0.25) is 0 Å². The van der Waals surface area contributed by atoms with Crippen LogP contribution in [-0.2, 0) is 14.6 Å². The Kier molecular flexibility index (Phi) is 6.74. The van der Waals surface area contributed by atoms with Gasteiger partial charge in [-0.1, -0.05) is 30.4 Å². The molecule has 2 rings (SSSR count). The fraction of sp³-hybridized carbons (Fsp3) is 0.150. The second-order valence-corrected chi connectivity index (χ2v) is 7.40. The quantitative estimate of drug-likeness (QED) is 0.636. The highest BCUT2D eigenvalue weighted by Gasteiger charge is 2.17. The molecule has 0 aliphatic rings. The molecule has 26 heavy (non-hydrogen) atoms. The lowest BCUT2D eigenvalue weighted by Crippen LogP contribution is -2.35. The van der Waals surface area contributed by atoms with Crippen LogP contribution >= 0.6 is 0 Å². The Morgan fingerprint density at radius 1 is 0.923 bits per heavy atom. The Labute approximate surface area is 154 Å². The lowest BCUT2D eigenvalue weighted by atomic mass is 10.3. The number of benzene rings is 2. The van der Waals surface area contributed by atoms with Crippen LogP contribution in [0.4, 0.5) is 0 Å². The highest BCUT2D eigenvalue weighted by molar-refractivity contribution is 7.91. The average Bonchev–Trinajstić information content (AvgIpc) is 2.67. The van der Waals surface area contributed by atoms with Crippen LogP contribution in [0.15, 0.2) is 89.7 Å².